The minimum absolute atomic E-state index is 0.0508. The van der Waals surface area contributed by atoms with Gasteiger partial charge >= 0.3 is 5.69 Å². The molecule has 1 unspecified atom stereocenters. The number of nitro benzene ring substituents is 1. The average Bonchev–Trinajstić information content (AvgIpc) is 2.27. The molecule has 6 heteroatoms. The number of nitro groups is 1. The Kier molecular flexibility index (Phi) is 4.01. The number of hydrogen-bond acceptors (Lipinski definition) is 4. The maximum absolute atomic E-state index is 12.8. The molecule has 1 N–H and O–H groups in total. The number of nitrogens with zero attached hydrogens (tertiary/aromatic N) is 1. The van der Waals surface area contributed by atoms with Gasteiger partial charge in [-0.25, -0.2) is 4.39 Å². The van der Waals surface area contributed by atoms with E-state index in [1.54, 1.807) is 13.8 Å². The first-order valence-electron chi connectivity index (χ1n) is 5.15. The van der Waals surface area contributed by atoms with Crippen molar-refractivity contribution in [1.82, 2.24) is 0 Å². The number of ether oxygens (including phenoxy) is 1. The summed E-state index contributed by atoms with van der Waals surface area (Å²) in [7, 11) is 0. The molecular weight excluding hydrogens is 229 g/mol. The van der Waals surface area contributed by atoms with Gasteiger partial charge in [0.05, 0.1) is 16.6 Å². The molecule has 1 aromatic rings. The van der Waals surface area contributed by atoms with Crippen LogP contribution in [-0.4, -0.2) is 22.2 Å². The lowest BCUT2D eigenvalue weighted by Crippen LogP contribution is -2.31. The predicted octanol–water partition coefficient (Wildman–Crippen LogP) is 2.27. The van der Waals surface area contributed by atoms with Crippen molar-refractivity contribution >= 4 is 5.69 Å². The molecule has 5 nitrogen and oxygen atoms in total. The van der Waals surface area contributed by atoms with Crippen molar-refractivity contribution in [1.29, 1.82) is 0 Å². The highest BCUT2D eigenvalue weighted by Gasteiger charge is 2.22. The van der Waals surface area contributed by atoms with Crippen LogP contribution in [0.4, 0.5) is 10.1 Å². The van der Waals surface area contributed by atoms with Gasteiger partial charge in [0.25, 0.3) is 0 Å². The molecule has 0 radical (unpaired) electrons. The van der Waals surface area contributed by atoms with Crippen LogP contribution in [-0.2, 0) is 0 Å². The maximum Gasteiger partial charge on any atom is 0.313 e. The zero-order valence-corrected chi connectivity index (χ0v) is 9.64. The van der Waals surface area contributed by atoms with Gasteiger partial charge in [0.1, 0.15) is 12.4 Å². The molecule has 0 spiro atoms. The summed E-state index contributed by atoms with van der Waals surface area (Å²) in [5.41, 5.74) is -1.51. The van der Waals surface area contributed by atoms with Crippen LogP contribution in [0.2, 0.25) is 0 Å². The molecule has 0 amide bonds. The van der Waals surface area contributed by atoms with E-state index in [1.165, 1.54) is 6.07 Å². The normalized spacial score (nSPS) is 14.1. The second-order valence-corrected chi connectivity index (χ2v) is 4.01. The Morgan fingerprint density at radius 1 is 1.59 bits per heavy atom. The molecule has 0 saturated heterocycles. The standard InChI is InChI=1S/C11H14FNO4/c1-3-11(2,14)7-17-10-5-4-8(12)6-9(10)13(15)16/h4-6,14H,3,7H2,1-2H3. The lowest BCUT2D eigenvalue weighted by Gasteiger charge is -2.21. The summed E-state index contributed by atoms with van der Waals surface area (Å²) in [5, 5.41) is 20.4. The molecule has 0 aromatic heterocycles. The minimum atomic E-state index is -1.07. The Morgan fingerprint density at radius 2 is 2.24 bits per heavy atom. The molecule has 0 bridgehead atoms. The van der Waals surface area contributed by atoms with Crippen molar-refractivity contribution in [3.63, 3.8) is 0 Å². The van der Waals surface area contributed by atoms with E-state index in [-0.39, 0.29) is 12.4 Å². The van der Waals surface area contributed by atoms with Crippen LogP contribution in [0.3, 0.4) is 0 Å². The van der Waals surface area contributed by atoms with E-state index >= 15 is 0 Å². The summed E-state index contributed by atoms with van der Waals surface area (Å²) in [5.74, 6) is -0.753. The van der Waals surface area contributed by atoms with Gasteiger partial charge in [-0.2, -0.15) is 0 Å². The third-order valence-corrected chi connectivity index (χ3v) is 2.42. The molecule has 17 heavy (non-hydrogen) atoms. The summed E-state index contributed by atoms with van der Waals surface area (Å²) in [6.07, 6.45) is 0.446. The van der Waals surface area contributed by atoms with E-state index in [0.29, 0.717) is 6.42 Å². The zero-order valence-electron chi connectivity index (χ0n) is 9.64. The van der Waals surface area contributed by atoms with Crippen molar-refractivity contribution in [2.75, 3.05) is 6.61 Å². The largest absolute Gasteiger partial charge is 0.484 e. The lowest BCUT2D eigenvalue weighted by atomic mass is 10.1. The highest BCUT2D eigenvalue weighted by Crippen LogP contribution is 2.28. The molecule has 0 aliphatic carbocycles. The van der Waals surface area contributed by atoms with Gasteiger partial charge in [0.15, 0.2) is 5.75 Å². The van der Waals surface area contributed by atoms with E-state index in [1.807, 2.05) is 0 Å². The second kappa shape index (κ2) is 5.09. The van der Waals surface area contributed by atoms with Gasteiger partial charge in [-0.15, -0.1) is 0 Å². The first-order chi connectivity index (χ1) is 7.85. The molecule has 1 aromatic carbocycles. The fourth-order valence-corrected chi connectivity index (χ4v) is 1.09. The van der Waals surface area contributed by atoms with E-state index in [2.05, 4.69) is 0 Å². The summed E-state index contributed by atoms with van der Waals surface area (Å²) < 4.78 is 18.0. The van der Waals surface area contributed by atoms with Crippen LogP contribution in [0.5, 0.6) is 5.75 Å². The fourth-order valence-electron chi connectivity index (χ4n) is 1.09. The van der Waals surface area contributed by atoms with E-state index in [0.717, 1.165) is 12.1 Å². The molecule has 0 aliphatic rings. The molecule has 0 fully saturated rings. The van der Waals surface area contributed by atoms with Gasteiger partial charge in [-0.1, -0.05) is 6.92 Å². The molecule has 94 valence electrons. The number of aliphatic hydroxyl groups is 1. The Morgan fingerprint density at radius 3 is 2.76 bits per heavy atom. The van der Waals surface area contributed by atoms with Crippen LogP contribution < -0.4 is 4.74 Å². The molecular formula is C11H14FNO4. The molecule has 0 aliphatic heterocycles. The molecule has 1 atom stereocenters. The minimum Gasteiger partial charge on any atom is -0.484 e. The van der Waals surface area contributed by atoms with Crippen molar-refractivity contribution < 1.29 is 19.2 Å². The van der Waals surface area contributed by atoms with E-state index in [4.69, 9.17) is 4.74 Å². The van der Waals surface area contributed by atoms with Crippen LogP contribution in [0.1, 0.15) is 20.3 Å². The highest BCUT2D eigenvalue weighted by atomic mass is 19.1. The van der Waals surface area contributed by atoms with Crippen molar-refractivity contribution in [2.45, 2.75) is 25.9 Å². The van der Waals surface area contributed by atoms with E-state index in [9.17, 15) is 19.6 Å². The van der Waals surface area contributed by atoms with Crippen LogP contribution in [0.15, 0.2) is 18.2 Å². The Labute approximate surface area is 98.0 Å². The maximum atomic E-state index is 12.8. The van der Waals surface area contributed by atoms with Gasteiger partial charge in [0, 0.05) is 0 Å². The quantitative estimate of drug-likeness (QED) is 0.636. The van der Waals surface area contributed by atoms with Crippen molar-refractivity contribution in [3.05, 3.63) is 34.1 Å². The fraction of sp³-hybridized carbons (Fsp3) is 0.455. The summed E-state index contributed by atoms with van der Waals surface area (Å²) >= 11 is 0. The smallest absolute Gasteiger partial charge is 0.313 e. The van der Waals surface area contributed by atoms with Crippen LogP contribution >= 0.6 is 0 Å². The van der Waals surface area contributed by atoms with Gasteiger partial charge in [0.2, 0.25) is 0 Å². The second-order valence-electron chi connectivity index (χ2n) is 4.01. The number of hydrogen-bond donors (Lipinski definition) is 1. The molecule has 0 saturated carbocycles. The molecule has 1 rings (SSSR count). The highest BCUT2D eigenvalue weighted by molar-refractivity contribution is 5.46. The van der Waals surface area contributed by atoms with Crippen molar-refractivity contribution in [3.8, 4) is 5.75 Å². The first-order valence-corrected chi connectivity index (χ1v) is 5.15. The van der Waals surface area contributed by atoms with Crippen LogP contribution in [0.25, 0.3) is 0 Å². The van der Waals surface area contributed by atoms with Crippen LogP contribution in [0, 0.1) is 15.9 Å². The SMILES string of the molecule is CCC(C)(O)COc1ccc(F)cc1[N+](=O)[O-]. The number of benzene rings is 1. The first kappa shape index (κ1) is 13.4. The molecule has 0 heterocycles. The van der Waals surface area contributed by atoms with Gasteiger partial charge < -0.3 is 9.84 Å². The Hall–Kier alpha value is -1.69. The van der Waals surface area contributed by atoms with Gasteiger partial charge in [-0.05, 0) is 25.5 Å². The zero-order chi connectivity index (χ0) is 13.1. The summed E-state index contributed by atoms with van der Waals surface area (Å²) in [6.45, 7) is 3.24. The summed E-state index contributed by atoms with van der Waals surface area (Å²) in [6, 6.07) is 3.04. The Balaban J connectivity index is 2.88. The third kappa shape index (κ3) is 3.67. The predicted molar refractivity (Wildman–Crippen MR) is 59.5 cm³/mol. The van der Waals surface area contributed by atoms with Crippen molar-refractivity contribution in [2.24, 2.45) is 0 Å². The topological polar surface area (TPSA) is 72.6 Å². The van der Waals surface area contributed by atoms with E-state index < -0.39 is 22.0 Å². The van der Waals surface area contributed by atoms with Gasteiger partial charge in [-0.3, -0.25) is 10.1 Å². The monoisotopic (exact) mass is 243 g/mol. The lowest BCUT2D eigenvalue weighted by molar-refractivity contribution is -0.386. The number of halogens is 1. The third-order valence-electron chi connectivity index (χ3n) is 2.42. The Bertz CT molecular complexity index is 420. The number of rotatable bonds is 5. The summed E-state index contributed by atoms with van der Waals surface area (Å²) in [4.78, 5) is 9.94. The average molecular weight is 243 g/mol.